The normalized spacial score (nSPS) is 20.1. The van der Waals surface area contributed by atoms with Crippen LogP contribution in [0.25, 0.3) is 0 Å². The van der Waals surface area contributed by atoms with E-state index >= 15 is 0 Å². The number of halogens is 1. The summed E-state index contributed by atoms with van der Waals surface area (Å²) in [6.07, 6.45) is 0.0709. The molecule has 2 heterocycles. The van der Waals surface area contributed by atoms with Crippen molar-refractivity contribution in [2.75, 3.05) is 20.2 Å². The summed E-state index contributed by atoms with van der Waals surface area (Å²) >= 11 is 7.44. The van der Waals surface area contributed by atoms with Gasteiger partial charge in [-0.05, 0) is 6.07 Å². The first kappa shape index (κ1) is 14.3. The smallest absolute Gasteiger partial charge is 0.307 e. The molecule has 1 N–H and O–H groups in total. The minimum absolute atomic E-state index is 0.0709. The predicted octanol–water partition coefficient (Wildman–Crippen LogP) is 1.27. The Morgan fingerprint density at radius 2 is 2.47 bits per heavy atom. The number of ether oxygens (including phenoxy) is 1. The molecule has 5 nitrogen and oxygen atoms in total. The molecule has 19 heavy (non-hydrogen) atoms. The van der Waals surface area contributed by atoms with Crippen molar-refractivity contribution in [1.29, 1.82) is 0 Å². The van der Waals surface area contributed by atoms with Gasteiger partial charge < -0.3 is 10.1 Å². The van der Waals surface area contributed by atoms with Gasteiger partial charge in [-0.15, -0.1) is 11.3 Å². The van der Waals surface area contributed by atoms with Crippen molar-refractivity contribution in [2.45, 2.75) is 19.0 Å². The van der Waals surface area contributed by atoms with Gasteiger partial charge in [-0.2, -0.15) is 0 Å². The van der Waals surface area contributed by atoms with Gasteiger partial charge in [-0.25, -0.2) is 0 Å². The van der Waals surface area contributed by atoms with Crippen LogP contribution >= 0.6 is 22.9 Å². The molecule has 0 bridgehead atoms. The van der Waals surface area contributed by atoms with Crippen LogP contribution in [0.3, 0.4) is 0 Å². The Labute approximate surface area is 120 Å². The van der Waals surface area contributed by atoms with Crippen LogP contribution in [-0.4, -0.2) is 43.0 Å². The molecule has 1 atom stereocenters. The Bertz CT molecular complexity index is 477. The maximum atomic E-state index is 11.9. The largest absolute Gasteiger partial charge is 0.469 e. The van der Waals surface area contributed by atoms with Crippen molar-refractivity contribution < 1.29 is 14.3 Å². The summed E-state index contributed by atoms with van der Waals surface area (Å²) in [5.41, 5.74) is 0. The SMILES string of the molecule is COC(=O)C[C@@H]1C(=O)NCCN1Cc1cc(Cl)cs1. The molecule has 1 aromatic heterocycles. The van der Waals surface area contributed by atoms with E-state index in [1.807, 2.05) is 16.3 Å². The van der Waals surface area contributed by atoms with Crippen molar-refractivity contribution >= 4 is 34.8 Å². The monoisotopic (exact) mass is 302 g/mol. The number of nitrogens with one attached hydrogen (secondary N) is 1. The maximum absolute atomic E-state index is 11.9. The third-order valence-electron chi connectivity index (χ3n) is 3.01. The van der Waals surface area contributed by atoms with Crippen LogP contribution in [0.5, 0.6) is 0 Å². The number of esters is 1. The molecule has 0 spiro atoms. The second-order valence-corrected chi connectivity index (χ2v) is 5.72. The molecule has 1 fully saturated rings. The van der Waals surface area contributed by atoms with Crippen molar-refractivity contribution in [2.24, 2.45) is 0 Å². The molecular formula is C12H15ClN2O3S. The molecule has 0 aliphatic carbocycles. The molecule has 2 rings (SSSR count). The van der Waals surface area contributed by atoms with Crippen LogP contribution in [0.1, 0.15) is 11.3 Å². The Morgan fingerprint density at radius 1 is 1.68 bits per heavy atom. The fraction of sp³-hybridized carbons (Fsp3) is 0.500. The summed E-state index contributed by atoms with van der Waals surface area (Å²) in [5, 5.41) is 5.33. The van der Waals surface area contributed by atoms with E-state index in [2.05, 4.69) is 10.1 Å². The third kappa shape index (κ3) is 3.68. The summed E-state index contributed by atoms with van der Waals surface area (Å²) in [5.74, 6) is -0.504. The number of rotatable bonds is 4. The summed E-state index contributed by atoms with van der Waals surface area (Å²) in [6.45, 7) is 1.92. The number of hydrogen-bond acceptors (Lipinski definition) is 5. The first-order valence-corrected chi connectivity index (χ1v) is 7.17. The van der Waals surface area contributed by atoms with Crippen molar-refractivity contribution in [3.8, 4) is 0 Å². The summed E-state index contributed by atoms with van der Waals surface area (Å²) in [6, 6.07) is 1.41. The highest BCUT2D eigenvalue weighted by molar-refractivity contribution is 7.10. The highest BCUT2D eigenvalue weighted by atomic mass is 35.5. The minimum atomic E-state index is -0.470. The second-order valence-electron chi connectivity index (χ2n) is 4.29. The lowest BCUT2D eigenvalue weighted by Crippen LogP contribution is -2.55. The Morgan fingerprint density at radius 3 is 3.11 bits per heavy atom. The van der Waals surface area contributed by atoms with E-state index in [1.165, 1.54) is 7.11 Å². The second kappa shape index (κ2) is 6.36. The van der Waals surface area contributed by atoms with Crippen LogP contribution < -0.4 is 5.32 Å². The standard InChI is InChI=1S/C12H15ClN2O3S/c1-18-11(16)5-10-12(17)14-2-3-15(10)6-9-4-8(13)7-19-9/h4,7,10H,2-3,5-6H2,1H3,(H,14,17)/t10-/m1/s1. The van der Waals surface area contributed by atoms with Gasteiger partial charge >= 0.3 is 5.97 Å². The number of piperazine rings is 1. The van der Waals surface area contributed by atoms with Crippen LogP contribution in [0.4, 0.5) is 0 Å². The van der Waals surface area contributed by atoms with Gasteiger partial charge in [0.05, 0.1) is 18.6 Å². The fourth-order valence-corrected chi connectivity index (χ4v) is 3.15. The van der Waals surface area contributed by atoms with Crippen LogP contribution in [0.15, 0.2) is 11.4 Å². The lowest BCUT2D eigenvalue weighted by Gasteiger charge is -2.34. The number of amides is 1. The van der Waals surface area contributed by atoms with Crippen molar-refractivity contribution in [3.05, 3.63) is 21.3 Å². The topological polar surface area (TPSA) is 58.6 Å². The highest BCUT2D eigenvalue weighted by Crippen LogP contribution is 2.22. The molecule has 104 valence electrons. The van der Waals surface area contributed by atoms with Gasteiger partial charge in [0.15, 0.2) is 0 Å². The van der Waals surface area contributed by atoms with Gasteiger partial charge in [-0.3, -0.25) is 14.5 Å². The summed E-state index contributed by atoms with van der Waals surface area (Å²) in [7, 11) is 1.33. The molecule has 0 saturated carbocycles. The quantitative estimate of drug-likeness (QED) is 0.851. The molecule has 1 saturated heterocycles. The molecule has 1 amide bonds. The number of carbonyl (C=O) groups excluding carboxylic acids is 2. The van der Waals surface area contributed by atoms with E-state index < -0.39 is 6.04 Å². The molecule has 0 aromatic carbocycles. The van der Waals surface area contributed by atoms with E-state index in [9.17, 15) is 9.59 Å². The van der Waals surface area contributed by atoms with Crippen molar-refractivity contribution in [3.63, 3.8) is 0 Å². The Balaban J connectivity index is 2.06. The van der Waals surface area contributed by atoms with Gasteiger partial charge in [0.25, 0.3) is 0 Å². The first-order chi connectivity index (χ1) is 9.10. The molecular weight excluding hydrogens is 288 g/mol. The van der Waals surface area contributed by atoms with Gasteiger partial charge in [0, 0.05) is 29.9 Å². The average molecular weight is 303 g/mol. The first-order valence-electron chi connectivity index (χ1n) is 5.91. The molecule has 1 aliphatic heterocycles. The van der Waals surface area contributed by atoms with Crippen molar-refractivity contribution in [1.82, 2.24) is 10.2 Å². The highest BCUT2D eigenvalue weighted by Gasteiger charge is 2.32. The number of nitrogens with zero attached hydrogens (tertiary/aromatic N) is 1. The Kier molecular flexibility index (Phi) is 4.79. The summed E-state index contributed by atoms with van der Waals surface area (Å²) < 4.78 is 4.64. The van der Waals surface area contributed by atoms with E-state index in [1.54, 1.807) is 11.3 Å². The van der Waals surface area contributed by atoms with Crippen LogP contribution in [-0.2, 0) is 20.9 Å². The fourth-order valence-electron chi connectivity index (χ4n) is 2.05. The summed E-state index contributed by atoms with van der Waals surface area (Å²) in [4.78, 5) is 26.3. The lowest BCUT2D eigenvalue weighted by molar-refractivity contribution is -0.146. The van der Waals surface area contributed by atoms with E-state index in [4.69, 9.17) is 11.6 Å². The minimum Gasteiger partial charge on any atom is -0.469 e. The zero-order chi connectivity index (χ0) is 13.8. The zero-order valence-electron chi connectivity index (χ0n) is 10.5. The van der Waals surface area contributed by atoms with Crippen LogP contribution in [0, 0.1) is 0 Å². The van der Waals surface area contributed by atoms with E-state index in [0.717, 1.165) is 4.88 Å². The number of carbonyl (C=O) groups is 2. The molecule has 0 unspecified atom stereocenters. The lowest BCUT2D eigenvalue weighted by atomic mass is 10.1. The van der Waals surface area contributed by atoms with Gasteiger partial charge in [0.2, 0.25) is 5.91 Å². The maximum Gasteiger partial charge on any atom is 0.307 e. The van der Waals surface area contributed by atoms with Gasteiger partial charge in [-0.1, -0.05) is 11.6 Å². The molecule has 7 heteroatoms. The number of methoxy groups -OCH3 is 1. The molecule has 0 radical (unpaired) electrons. The molecule has 1 aliphatic rings. The number of thiophene rings is 1. The van der Waals surface area contributed by atoms with Gasteiger partial charge in [0.1, 0.15) is 6.04 Å². The van der Waals surface area contributed by atoms with E-state index in [0.29, 0.717) is 24.7 Å². The van der Waals surface area contributed by atoms with E-state index in [-0.39, 0.29) is 18.3 Å². The number of hydrogen-bond donors (Lipinski definition) is 1. The van der Waals surface area contributed by atoms with Crippen LogP contribution in [0.2, 0.25) is 5.02 Å². The zero-order valence-corrected chi connectivity index (χ0v) is 12.1. The average Bonchev–Trinajstić information content (AvgIpc) is 2.79. The predicted molar refractivity (Wildman–Crippen MR) is 73.2 cm³/mol. The Hall–Kier alpha value is -1.11. The third-order valence-corrected chi connectivity index (χ3v) is 4.28. The molecule has 1 aromatic rings.